The van der Waals surface area contributed by atoms with Gasteiger partial charge in [0.05, 0.1) is 5.57 Å². The predicted molar refractivity (Wildman–Crippen MR) is 117 cm³/mol. The summed E-state index contributed by atoms with van der Waals surface area (Å²) in [5.74, 6) is -0.556. The topological polar surface area (TPSA) is 46.6 Å². The van der Waals surface area contributed by atoms with Crippen LogP contribution in [0.3, 0.4) is 0 Å². The number of thioether (sulfide) groups is 1. The zero-order chi connectivity index (χ0) is 20.6. The zero-order valence-corrected chi connectivity index (χ0v) is 18.4. The molecule has 0 radical (unpaired) electrons. The number of hydrogen-bond donors (Lipinski definition) is 0. The number of carbonyl (C=O) groups is 2. The molecule has 1 amide bonds. The summed E-state index contributed by atoms with van der Waals surface area (Å²) in [5, 5.41) is -0.171. The highest BCUT2D eigenvalue weighted by Crippen LogP contribution is 2.53. The second-order valence-electron chi connectivity index (χ2n) is 7.49. The second-order valence-corrected chi connectivity index (χ2v) is 9.69. The summed E-state index contributed by atoms with van der Waals surface area (Å²) in [5.41, 5.74) is 5.31. The van der Waals surface area contributed by atoms with Crippen LogP contribution in [0.2, 0.25) is 0 Å². The van der Waals surface area contributed by atoms with E-state index in [1.165, 1.54) is 0 Å². The van der Waals surface area contributed by atoms with Crippen molar-refractivity contribution in [1.29, 1.82) is 0 Å². The summed E-state index contributed by atoms with van der Waals surface area (Å²) in [6, 6.07) is 18.7. The van der Waals surface area contributed by atoms with E-state index in [-0.39, 0.29) is 11.3 Å². The Morgan fingerprint density at radius 2 is 1.69 bits per heavy atom. The Hall–Kier alpha value is -2.27. The van der Waals surface area contributed by atoms with Gasteiger partial charge in [0, 0.05) is 9.73 Å². The third-order valence-electron chi connectivity index (χ3n) is 5.19. The maximum Gasteiger partial charge on any atom is 0.331 e. The number of benzene rings is 2. The molecule has 6 heteroatoms. The average Bonchev–Trinajstić information content (AvgIpc) is 2.99. The summed E-state index contributed by atoms with van der Waals surface area (Å²) >= 11 is 4.77. The molecule has 0 aliphatic carbocycles. The molecule has 2 heterocycles. The van der Waals surface area contributed by atoms with E-state index in [9.17, 15) is 9.59 Å². The maximum atomic E-state index is 13.3. The van der Waals surface area contributed by atoms with Gasteiger partial charge in [-0.1, -0.05) is 76.6 Å². The summed E-state index contributed by atoms with van der Waals surface area (Å²) in [7, 11) is 0. The van der Waals surface area contributed by atoms with Crippen LogP contribution in [0.1, 0.15) is 31.1 Å². The Balaban J connectivity index is 1.65. The molecule has 0 aromatic heterocycles. The van der Waals surface area contributed by atoms with E-state index in [4.69, 9.17) is 4.74 Å². The molecular formula is C23H20BrNO3S. The molecule has 2 atom stereocenters. The van der Waals surface area contributed by atoms with E-state index in [2.05, 4.69) is 21.7 Å². The maximum absolute atomic E-state index is 13.3. The standard InChI is InChI=1S/C23H20BrNO3S/c1-23(2)19(25-20(26)17(13-14-24)21(25)29-23)22(27)28-18(15-9-5-3-6-10-15)16-11-7-4-8-12-16/h3-12,14,18-19,21H,1-2H3/t13?,19-,21+/m0/s1. The third-order valence-corrected chi connectivity index (χ3v) is 6.93. The van der Waals surface area contributed by atoms with E-state index in [1.807, 2.05) is 74.5 Å². The minimum Gasteiger partial charge on any atom is -0.451 e. The molecule has 4 nitrogen and oxygen atoms in total. The van der Waals surface area contributed by atoms with Gasteiger partial charge in [-0.05, 0) is 25.0 Å². The van der Waals surface area contributed by atoms with Crippen LogP contribution >= 0.6 is 27.7 Å². The fourth-order valence-electron chi connectivity index (χ4n) is 3.83. The van der Waals surface area contributed by atoms with Crippen molar-refractivity contribution in [3.05, 3.63) is 88.1 Å². The van der Waals surface area contributed by atoms with Gasteiger partial charge in [0.25, 0.3) is 5.91 Å². The van der Waals surface area contributed by atoms with Crippen molar-refractivity contribution in [2.75, 3.05) is 0 Å². The Morgan fingerprint density at radius 1 is 1.14 bits per heavy atom. The monoisotopic (exact) mass is 469 g/mol. The fraction of sp³-hybridized carbons (Fsp3) is 0.261. The van der Waals surface area contributed by atoms with Gasteiger partial charge in [-0.25, -0.2) is 4.79 Å². The Morgan fingerprint density at radius 3 is 2.21 bits per heavy atom. The number of rotatable bonds is 4. The van der Waals surface area contributed by atoms with Gasteiger partial charge < -0.3 is 9.64 Å². The van der Waals surface area contributed by atoms with Crippen LogP contribution in [0.25, 0.3) is 0 Å². The van der Waals surface area contributed by atoms with E-state index < -0.39 is 22.9 Å². The molecule has 0 N–H and O–H groups in total. The van der Waals surface area contributed by atoms with Gasteiger partial charge in [0.15, 0.2) is 6.10 Å². The lowest BCUT2D eigenvalue weighted by Crippen LogP contribution is -2.58. The van der Waals surface area contributed by atoms with Gasteiger partial charge >= 0.3 is 5.97 Å². The van der Waals surface area contributed by atoms with Gasteiger partial charge in [0.2, 0.25) is 0 Å². The minimum atomic E-state index is -0.652. The van der Waals surface area contributed by atoms with Crippen LogP contribution in [0, 0.1) is 0 Å². The zero-order valence-electron chi connectivity index (χ0n) is 16.0. The van der Waals surface area contributed by atoms with Crippen molar-refractivity contribution in [3.63, 3.8) is 0 Å². The predicted octanol–water partition coefficient (Wildman–Crippen LogP) is 4.82. The van der Waals surface area contributed by atoms with E-state index >= 15 is 0 Å². The molecule has 4 rings (SSSR count). The Bertz CT molecular complexity index is 960. The van der Waals surface area contributed by atoms with Crippen molar-refractivity contribution >= 4 is 39.6 Å². The second kappa shape index (κ2) is 7.86. The lowest BCUT2D eigenvalue weighted by atomic mass is 9.95. The normalized spacial score (nSPS) is 22.0. The number of ether oxygens (including phenoxy) is 1. The number of halogens is 1. The number of esters is 1. The van der Waals surface area contributed by atoms with Crippen LogP contribution in [0.5, 0.6) is 0 Å². The summed E-state index contributed by atoms with van der Waals surface area (Å²) in [4.78, 5) is 29.1. The molecule has 0 saturated carbocycles. The Labute approximate surface area is 182 Å². The molecule has 2 fully saturated rings. The fourth-order valence-corrected chi connectivity index (χ4v) is 5.61. The first kappa shape index (κ1) is 20.0. The lowest BCUT2D eigenvalue weighted by molar-refractivity contribution is -0.160. The van der Waals surface area contributed by atoms with Crippen LogP contribution in [-0.2, 0) is 14.3 Å². The highest BCUT2D eigenvalue weighted by Gasteiger charge is 2.62. The Kier molecular flexibility index (Phi) is 5.43. The molecule has 2 aromatic rings. The molecular weight excluding hydrogens is 450 g/mol. The highest BCUT2D eigenvalue weighted by molar-refractivity contribution is 9.11. The number of amides is 1. The molecule has 2 aromatic carbocycles. The molecule has 29 heavy (non-hydrogen) atoms. The van der Waals surface area contributed by atoms with Gasteiger partial charge in [-0.2, -0.15) is 0 Å². The van der Waals surface area contributed by atoms with E-state index in [1.54, 1.807) is 21.6 Å². The summed E-state index contributed by atoms with van der Waals surface area (Å²) in [6.45, 7) is 3.95. The summed E-state index contributed by atoms with van der Waals surface area (Å²) in [6.07, 6.45) is -0.529. The average molecular weight is 470 g/mol. The van der Waals surface area contributed by atoms with Crippen LogP contribution < -0.4 is 0 Å². The molecule has 0 unspecified atom stereocenters. The van der Waals surface area contributed by atoms with Crippen LogP contribution in [0.15, 0.2) is 77.0 Å². The van der Waals surface area contributed by atoms with E-state index in [0.29, 0.717) is 5.57 Å². The quantitative estimate of drug-likeness (QED) is 0.278. The number of fused-ring (bicyclic) bond motifs is 1. The molecule has 2 saturated heterocycles. The van der Waals surface area contributed by atoms with Crippen molar-refractivity contribution in [2.45, 2.75) is 36.1 Å². The number of β-lactam (4-membered cyclic amide) rings is 1. The first-order valence-corrected chi connectivity index (χ1v) is 11.1. The van der Waals surface area contributed by atoms with E-state index in [0.717, 1.165) is 11.1 Å². The number of hydrogen-bond acceptors (Lipinski definition) is 4. The largest absolute Gasteiger partial charge is 0.451 e. The molecule has 0 bridgehead atoms. The molecule has 148 valence electrons. The van der Waals surface area contributed by atoms with Gasteiger partial charge in [0.1, 0.15) is 11.4 Å². The molecule has 0 spiro atoms. The smallest absolute Gasteiger partial charge is 0.331 e. The SMILES string of the molecule is CC1(C)S[C@@H]2C(=C=CBr)C(=O)N2[C@H]1C(=O)OC(c1ccccc1)c1ccccc1. The number of nitrogens with zero attached hydrogens (tertiary/aromatic N) is 1. The lowest BCUT2D eigenvalue weighted by Gasteiger charge is -2.38. The van der Waals surface area contributed by atoms with Gasteiger partial charge in [-0.15, -0.1) is 17.5 Å². The van der Waals surface area contributed by atoms with Crippen molar-refractivity contribution in [3.8, 4) is 0 Å². The van der Waals surface area contributed by atoms with Gasteiger partial charge in [-0.3, -0.25) is 4.79 Å². The first-order valence-electron chi connectivity index (χ1n) is 9.30. The van der Waals surface area contributed by atoms with Crippen LogP contribution in [-0.4, -0.2) is 32.9 Å². The molecule has 2 aliphatic heterocycles. The third kappa shape index (κ3) is 3.57. The van der Waals surface area contributed by atoms with Crippen LogP contribution in [0.4, 0.5) is 0 Å². The first-order chi connectivity index (χ1) is 13.9. The van der Waals surface area contributed by atoms with Crippen molar-refractivity contribution in [1.82, 2.24) is 4.90 Å². The molecule has 2 aliphatic rings. The number of carbonyl (C=O) groups excluding carboxylic acids is 2. The highest BCUT2D eigenvalue weighted by atomic mass is 79.9. The van der Waals surface area contributed by atoms with Crippen molar-refractivity contribution in [2.24, 2.45) is 0 Å². The van der Waals surface area contributed by atoms with Crippen molar-refractivity contribution < 1.29 is 14.3 Å². The summed E-state index contributed by atoms with van der Waals surface area (Å²) < 4.78 is 5.58. The minimum absolute atomic E-state index is 0.165.